The first-order chi connectivity index (χ1) is 8.54. The maximum atomic E-state index is 8.82. The minimum absolute atomic E-state index is 0.487. The molecule has 0 aliphatic rings. The number of hydrogen-bond acceptors (Lipinski definition) is 5. The second-order valence-corrected chi connectivity index (χ2v) is 5.01. The molecule has 0 aliphatic heterocycles. The van der Waals surface area contributed by atoms with Crippen LogP contribution in [0.4, 0.5) is 0 Å². The molecule has 6 heteroatoms. The SMILES string of the molecule is CSCCCOc1cc(C)c(OB(O)O)c(C)c1. The Morgan fingerprint density at radius 3 is 2.33 bits per heavy atom. The van der Waals surface area contributed by atoms with Crippen LogP contribution < -0.4 is 9.39 Å². The van der Waals surface area contributed by atoms with Crippen molar-refractivity contribution in [2.75, 3.05) is 18.6 Å². The van der Waals surface area contributed by atoms with Gasteiger partial charge in [0.25, 0.3) is 0 Å². The van der Waals surface area contributed by atoms with Gasteiger partial charge >= 0.3 is 7.32 Å². The third kappa shape index (κ3) is 4.80. The van der Waals surface area contributed by atoms with Crippen molar-refractivity contribution in [2.24, 2.45) is 0 Å². The van der Waals surface area contributed by atoms with Gasteiger partial charge in [0.2, 0.25) is 0 Å². The van der Waals surface area contributed by atoms with Crippen LogP contribution in [-0.2, 0) is 0 Å². The highest BCUT2D eigenvalue weighted by Gasteiger charge is 2.15. The lowest BCUT2D eigenvalue weighted by molar-refractivity contribution is 0.285. The third-order valence-corrected chi connectivity index (χ3v) is 3.12. The summed E-state index contributed by atoms with van der Waals surface area (Å²) in [6, 6.07) is 3.67. The minimum Gasteiger partial charge on any atom is -0.512 e. The average Bonchev–Trinajstić information content (AvgIpc) is 2.29. The minimum atomic E-state index is -1.80. The number of rotatable bonds is 7. The Morgan fingerprint density at radius 1 is 1.22 bits per heavy atom. The molecule has 1 rings (SSSR count). The number of benzene rings is 1. The smallest absolute Gasteiger partial charge is 0.512 e. The lowest BCUT2D eigenvalue weighted by Crippen LogP contribution is -2.21. The lowest BCUT2D eigenvalue weighted by atomic mass is 10.1. The van der Waals surface area contributed by atoms with Gasteiger partial charge in [-0.05, 0) is 55.5 Å². The summed E-state index contributed by atoms with van der Waals surface area (Å²) < 4.78 is 10.6. The highest BCUT2D eigenvalue weighted by molar-refractivity contribution is 7.98. The van der Waals surface area contributed by atoms with Crippen molar-refractivity contribution in [2.45, 2.75) is 20.3 Å². The van der Waals surface area contributed by atoms with Gasteiger partial charge in [0.1, 0.15) is 11.5 Å². The van der Waals surface area contributed by atoms with Gasteiger partial charge in [0.05, 0.1) is 6.61 Å². The van der Waals surface area contributed by atoms with Crippen molar-refractivity contribution < 1.29 is 19.4 Å². The molecule has 0 atom stereocenters. The van der Waals surface area contributed by atoms with E-state index in [0.29, 0.717) is 12.4 Å². The van der Waals surface area contributed by atoms with E-state index in [4.69, 9.17) is 19.4 Å². The molecule has 4 nitrogen and oxygen atoms in total. The molecule has 0 amide bonds. The van der Waals surface area contributed by atoms with Gasteiger partial charge in [-0.15, -0.1) is 0 Å². The summed E-state index contributed by atoms with van der Waals surface area (Å²) in [4.78, 5) is 0. The van der Waals surface area contributed by atoms with Crippen molar-refractivity contribution in [3.63, 3.8) is 0 Å². The van der Waals surface area contributed by atoms with Gasteiger partial charge in [-0.25, -0.2) is 0 Å². The summed E-state index contributed by atoms with van der Waals surface area (Å²) in [5.74, 6) is 2.35. The van der Waals surface area contributed by atoms with Crippen LogP contribution in [0.25, 0.3) is 0 Å². The normalized spacial score (nSPS) is 10.3. The molecule has 0 fully saturated rings. The van der Waals surface area contributed by atoms with Crippen LogP contribution in [0.15, 0.2) is 12.1 Å². The molecule has 18 heavy (non-hydrogen) atoms. The summed E-state index contributed by atoms with van der Waals surface area (Å²) in [5, 5.41) is 17.6. The van der Waals surface area contributed by atoms with E-state index in [0.717, 1.165) is 29.1 Å². The standard InChI is InChI=1S/C12H19BO4S/c1-9-7-11(16-5-4-6-18-3)8-10(2)12(9)17-13(14)15/h7-8,14-15H,4-6H2,1-3H3. The third-order valence-electron chi connectivity index (χ3n) is 2.42. The van der Waals surface area contributed by atoms with E-state index in [1.807, 2.05) is 26.0 Å². The fraction of sp³-hybridized carbons (Fsp3) is 0.500. The van der Waals surface area contributed by atoms with E-state index in [1.165, 1.54) is 0 Å². The van der Waals surface area contributed by atoms with Crippen molar-refractivity contribution >= 4 is 19.1 Å². The van der Waals surface area contributed by atoms with Crippen LogP contribution in [-0.4, -0.2) is 36.0 Å². The average molecular weight is 270 g/mol. The van der Waals surface area contributed by atoms with Gasteiger partial charge in [-0.3, -0.25) is 0 Å². The second kappa shape index (κ2) is 7.56. The fourth-order valence-electron chi connectivity index (χ4n) is 1.68. The quantitative estimate of drug-likeness (QED) is 0.584. The maximum absolute atomic E-state index is 8.82. The van der Waals surface area contributed by atoms with E-state index in [1.54, 1.807) is 11.8 Å². The van der Waals surface area contributed by atoms with Crippen LogP contribution in [0.1, 0.15) is 17.5 Å². The van der Waals surface area contributed by atoms with Crippen LogP contribution in [0.5, 0.6) is 11.5 Å². The summed E-state index contributed by atoms with van der Waals surface area (Å²) in [6.07, 6.45) is 3.08. The molecular weight excluding hydrogens is 251 g/mol. The molecule has 1 aromatic carbocycles. The van der Waals surface area contributed by atoms with Gasteiger partial charge in [0, 0.05) is 0 Å². The van der Waals surface area contributed by atoms with E-state index in [9.17, 15) is 0 Å². The predicted molar refractivity (Wildman–Crippen MR) is 75.2 cm³/mol. The molecule has 0 heterocycles. The summed E-state index contributed by atoms with van der Waals surface area (Å²) in [6.45, 7) is 4.38. The molecule has 0 bridgehead atoms. The van der Waals surface area contributed by atoms with Crippen LogP contribution >= 0.6 is 11.8 Å². The number of hydrogen-bond donors (Lipinski definition) is 2. The lowest BCUT2D eigenvalue weighted by Gasteiger charge is -2.14. The first-order valence-electron chi connectivity index (χ1n) is 5.80. The van der Waals surface area contributed by atoms with Gasteiger partial charge < -0.3 is 19.4 Å². The first kappa shape index (κ1) is 15.2. The molecule has 100 valence electrons. The molecule has 0 aliphatic carbocycles. The zero-order valence-electron chi connectivity index (χ0n) is 11.0. The van der Waals surface area contributed by atoms with E-state index in [-0.39, 0.29) is 0 Å². The Hall–Kier alpha value is -0.845. The molecule has 2 N–H and O–H groups in total. The topological polar surface area (TPSA) is 58.9 Å². The monoisotopic (exact) mass is 270 g/mol. The summed E-state index contributed by atoms with van der Waals surface area (Å²) in [7, 11) is -1.80. The Bertz CT molecular complexity index is 361. The van der Waals surface area contributed by atoms with Gasteiger partial charge in [-0.2, -0.15) is 11.8 Å². The number of thioether (sulfide) groups is 1. The molecule has 0 aromatic heterocycles. The van der Waals surface area contributed by atoms with Gasteiger partial charge in [0.15, 0.2) is 0 Å². The molecule has 0 unspecified atom stereocenters. The highest BCUT2D eigenvalue weighted by atomic mass is 32.2. The number of ether oxygens (including phenoxy) is 1. The predicted octanol–water partition coefficient (Wildman–Crippen LogP) is 1.78. The van der Waals surface area contributed by atoms with Crippen LogP contribution in [0, 0.1) is 13.8 Å². The maximum Gasteiger partial charge on any atom is 0.707 e. The fourth-order valence-corrected chi connectivity index (χ4v) is 2.08. The van der Waals surface area contributed by atoms with Crippen molar-refractivity contribution in [1.29, 1.82) is 0 Å². The van der Waals surface area contributed by atoms with E-state index >= 15 is 0 Å². The zero-order valence-corrected chi connectivity index (χ0v) is 11.8. The Balaban J connectivity index is 2.67. The Kier molecular flexibility index (Phi) is 6.39. The second-order valence-electron chi connectivity index (χ2n) is 4.03. The highest BCUT2D eigenvalue weighted by Crippen LogP contribution is 2.28. The largest absolute Gasteiger partial charge is 0.707 e. The van der Waals surface area contributed by atoms with Crippen molar-refractivity contribution in [1.82, 2.24) is 0 Å². The Labute approximate surface area is 112 Å². The zero-order chi connectivity index (χ0) is 13.5. The molecule has 1 aromatic rings. The molecule has 0 saturated carbocycles. The van der Waals surface area contributed by atoms with Crippen molar-refractivity contribution in [3.05, 3.63) is 23.3 Å². The van der Waals surface area contributed by atoms with Gasteiger partial charge in [-0.1, -0.05) is 0 Å². The van der Waals surface area contributed by atoms with Crippen LogP contribution in [0.3, 0.4) is 0 Å². The summed E-state index contributed by atoms with van der Waals surface area (Å²) >= 11 is 1.80. The molecule has 0 radical (unpaired) electrons. The first-order valence-corrected chi connectivity index (χ1v) is 7.19. The van der Waals surface area contributed by atoms with Crippen LogP contribution in [0.2, 0.25) is 0 Å². The number of aryl methyl sites for hydroxylation is 2. The summed E-state index contributed by atoms with van der Waals surface area (Å²) in [5.41, 5.74) is 1.64. The van der Waals surface area contributed by atoms with E-state index in [2.05, 4.69) is 6.26 Å². The molecule has 0 spiro atoms. The molecule has 0 saturated heterocycles. The Morgan fingerprint density at radius 2 is 1.83 bits per heavy atom. The van der Waals surface area contributed by atoms with E-state index < -0.39 is 7.32 Å². The molecular formula is C12H19BO4S. The van der Waals surface area contributed by atoms with Crippen molar-refractivity contribution in [3.8, 4) is 11.5 Å².